The third kappa shape index (κ3) is 3.28. The summed E-state index contributed by atoms with van der Waals surface area (Å²) < 4.78 is 13.9. The fraction of sp³-hybridized carbons (Fsp3) is 0.250. The van der Waals surface area contributed by atoms with Crippen LogP contribution in [-0.2, 0) is 6.54 Å². The number of hydrogen-bond donors (Lipinski definition) is 1. The van der Waals surface area contributed by atoms with Crippen LogP contribution in [0.4, 0.5) is 10.1 Å². The van der Waals surface area contributed by atoms with Crippen molar-refractivity contribution in [1.29, 1.82) is 0 Å². The summed E-state index contributed by atoms with van der Waals surface area (Å²) >= 11 is 0. The molecule has 0 unspecified atom stereocenters. The summed E-state index contributed by atoms with van der Waals surface area (Å²) in [5.41, 5.74) is 2.51. The van der Waals surface area contributed by atoms with Gasteiger partial charge in [-0.15, -0.1) is 0 Å². The molecule has 25 heavy (non-hydrogen) atoms. The monoisotopic (exact) mass is 337 g/mol. The summed E-state index contributed by atoms with van der Waals surface area (Å²) in [5.74, 6) is -0.170. The number of aromatic nitrogens is 1. The summed E-state index contributed by atoms with van der Waals surface area (Å²) in [6.07, 6.45) is 0. The Labute approximate surface area is 145 Å². The number of benzene rings is 2. The van der Waals surface area contributed by atoms with Crippen molar-refractivity contribution in [3.63, 3.8) is 0 Å². The predicted octanol–water partition coefficient (Wildman–Crippen LogP) is 2.99. The van der Waals surface area contributed by atoms with E-state index in [4.69, 9.17) is 0 Å². The number of halogens is 1. The van der Waals surface area contributed by atoms with E-state index in [2.05, 4.69) is 14.8 Å². The van der Waals surface area contributed by atoms with Crippen LogP contribution >= 0.6 is 0 Å². The molecule has 0 radical (unpaired) electrons. The summed E-state index contributed by atoms with van der Waals surface area (Å²) in [5, 5.41) is 1.08. The van der Waals surface area contributed by atoms with Gasteiger partial charge in [0.2, 0.25) is 5.56 Å². The Balaban J connectivity index is 1.49. The van der Waals surface area contributed by atoms with Gasteiger partial charge in [0, 0.05) is 49.7 Å². The quantitative estimate of drug-likeness (QED) is 0.799. The summed E-state index contributed by atoms with van der Waals surface area (Å²) in [7, 11) is 0. The van der Waals surface area contributed by atoms with E-state index in [1.54, 1.807) is 12.1 Å². The highest BCUT2D eigenvalue weighted by molar-refractivity contribution is 5.81. The number of para-hydroxylation sites is 2. The molecule has 3 aromatic rings. The van der Waals surface area contributed by atoms with E-state index in [1.165, 1.54) is 6.07 Å². The van der Waals surface area contributed by atoms with E-state index in [1.807, 2.05) is 36.4 Å². The van der Waals surface area contributed by atoms with Gasteiger partial charge in [-0.25, -0.2) is 4.39 Å². The zero-order valence-electron chi connectivity index (χ0n) is 13.9. The van der Waals surface area contributed by atoms with Crippen molar-refractivity contribution in [2.45, 2.75) is 6.54 Å². The molecular formula is C20H20FN3O. The van der Waals surface area contributed by atoms with Crippen molar-refractivity contribution in [3.05, 3.63) is 76.3 Å². The minimum absolute atomic E-state index is 0.0707. The van der Waals surface area contributed by atoms with Gasteiger partial charge >= 0.3 is 0 Å². The van der Waals surface area contributed by atoms with Gasteiger partial charge in [0.1, 0.15) is 5.82 Å². The molecule has 1 saturated heterocycles. The number of nitrogens with zero attached hydrogens (tertiary/aromatic N) is 2. The van der Waals surface area contributed by atoms with Crippen molar-refractivity contribution in [3.8, 4) is 0 Å². The fourth-order valence-corrected chi connectivity index (χ4v) is 3.50. The van der Waals surface area contributed by atoms with Crippen LogP contribution in [0, 0.1) is 5.82 Å². The number of hydrogen-bond acceptors (Lipinski definition) is 3. The first-order chi connectivity index (χ1) is 12.2. The molecule has 0 aliphatic carbocycles. The molecule has 0 spiro atoms. The molecule has 1 aliphatic heterocycles. The Morgan fingerprint density at radius 3 is 2.48 bits per heavy atom. The molecule has 4 rings (SSSR count). The predicted molar refractivity (Wildman–Crippen MR) is 98.5 cm³/mol. The number of pyridine rings is 1. The molecule has 4 nitrogen and oxygen atoms in total. The molecule has 1 aliphatic rings. The zero-order chi connectivity index (χ0) is 17.2. The number of H-pyrrole nitrogens is 1. The Bertz CT molecular complexity index is 945. The zero-order valence-corrected chi connectivity index (χ0v) is 13.9. The van der Waals surface area contributed by atoms with Gasteiger partial charge in [-0.3, -0.25) is 9.69 Å². The van der Waals surface area contributed by atoms with E-state index in [9.17, 15) is 9.18 Å². The van der Waals surface area contributed by atoms with E-state index in [0.717, 1.165) is 49.2 Å². The molecule has 1 N–H and O–H groups in total. The minimum atomic E-state index is -0.170. The van der Waals surface area contributed by atoms with Crippen LogP contribution in [0.1, 0.15) is 5.56 Å². The van der Waals surface area contributed by atoms with Gasteiger partial charge < -0.3 is 9.88 Å². The average molecular weight is 337 g/mol. The maximum Gasteiger partial charge on any atom is 0.248 e. The maximum atomic E-state index is 13.9. The molecule has 5 heteroatoms. The van der Waals surface area contributed by atoms with Crippen LogP contribution in [0.2, 0.25) is 0 Å². The van der Waals surface area contributed by atoms with Gasteiger partial charge in [0.15, 0.2) is 0 Å². The molecule has 2 aromatic carbocycles. The van der Waals surface area contributed by atoms with Crippen molar-refractivity contribution < 1.29 is 4.39 Å². The summed E-state index contributed by atoms with van der Waals surface area (Å²) in [6.45, 7) is 3.98. The largest absolute Gasteiger partial charge is 0.367 e. The van der Waals surface area contributed by atoms with Gasteiger partial charge in [-0.05, 0) is 23.8 Å². The van der Waals surface area contributed by atoms with Crippen LogP contribution in [0.15, 0.2) is 59.4 Å². The lowest BCUT2D eigenvalue weighted by Crippen LogP contribution is -2.46. The SMILES string of the molecule is O=c1cc(CN2CCN(c3ccccc3F)CC2)c2ccccc2[nH]1. The van der Waals surface area contributed by atoms with Crippen LogP contribution < -0.4 is 10.5 Å². The van der Waals surface area contributed by atoms with Crippen molar-refractivity contribution in [2.24, 2.45) is 0 Å². The molecule has 0 saturated carbocycles. The third-order valence-electron chi connectivity index (χ3n) is 4.80. The standard InChI is InChI=1S/C20H20FN3O/c21-17-6-2-4-8-19(17)24-11-9-23(10-12-24)14-15-13-20(25)22-18-7-3-1-5-16(15)18/h1-8,13H,9-12,14H2,(H,22,25). The molecule has 1 aromatic heterocycles. The highest BCUT2D eigenvalue weighted by Gasteiger charge is 2.20. The molecule has 0 atom stereocenters. The second-order valence-corrected chi connectivity index (χ2v) is 6.42. The molecule has 0 amide bonds. The normalized spacial score (nSPS) is 15.6. The molecule has 0 bridgehead atoms. The Morgan fingerprint density at radius 1 is 0.960 bits per heavy atom. The highest BCUT2D eigenvalue weighted by atomic mass is 19.1. The summed E-state index contributed by atoms with van der Waals surface area (Å²) in [4.78, 5) is 19.2. The van der Waals surface area contributed by atoms with Crippen LogP contribution in [-0.4, -0.2) is 36.1 Å². The number of piperazine rings is 1. The van der Waals surface area contributed by atoms with Gasteiger partial charge in [-0.2, -0.15) is 0 Å². The van der Waals surface area contributed by atoms with E-state index in [0.29, 0.717) is 5.69 Å². The number of anilines is 1. The first-order valence-corrected chi connectivity index (χ1v) is 8.53. The second-order valence-electron chi connectivity index (χ2n) is 6.42. The Kier molecular flexibility index (Phi) is 4.24. The van der Waals surface area contributed by atoms with Crippen molar-refractivity contribution >= 4 is 16.6 Å². The smallest absolute Gasteiger partial charge is 0.248 e. The van der Waals surface area contributed by atoms with Crippen LogP contribution in [0.25, 0.3) is 10.9 Å². The Morgan fingerprint density at radius 2 is 1.68 bits per heavy atom. The molecule has 1 fully saturated rings. The lowest BCUT2D eigenvalue weighted by molar-refractivity contribution is 0.250. The number of fused-ring (bicyclic) bond motifs is 1. The lowest BCUT2D eigenvalue weighted by atomic mass is 10.1. The topological polar surface area (TPSA) is 39.3 Å². The third-order valence-corrected chi connectivity index (χ3v) is 4.80. The van der Waals surface area contributed by atoms with Crippen LogP contribution in [0.3, 0.4) is 0 Å². The number of rotatable bonds is 3. The van der Waals surface area contributed by atoms with Gasteiger partial charge in [0.25, 0.3) is 0 Å². The molecule has 128 valence electrons. The van der Waals surface area contributed by atoms with Gasteiger partial charge in [-0.1, -0.05) is 30.3 Å². The number of aromatic amines is 1. The molecule has 2 heterocycles. The highest BCUT2D eigenvalue weighted by Crippen LogP contribution is 2.22. The fourth-order valence-electron chi connectivity index (χ4n) is 3.50. The molecular weight excluding hydrogens is 317 g/mol. The Hall–Kier alpha value is -2.66. The lowest BCUT2D eigenvalue weighted by Gasteiger charge is -2.36. The maximum absolute atomic E-state index is 13.9. The van der Waals surface area contributed by atoms with Crippen molar-refractivity contribution in [1.82, 2.24) is 9.88 Å². The van der Waals surface area contributed by atoms with Crippen LogP contribution in [0.5, 0.6) is 0 Å². The van der Waals surface area contributed by atoms with Gasteiger partial charge in [0.05, 0.1) is 5.69 Å². The summed E-state index contributed by atoms with van der Waals surface area (Å²) in [6, 6.07) is 16.5. The minimum Gasteiger partial charge on any atom is -0.367 e. The van der Waals surface area contributed by atoms with E-state index < -0.39 is 0 Å². The number of nitrogens with one attached hydrogen (secondary N) is 1. The van der Waals surface area contributed by atoms with E-state index >= 15 is 0 Å². The first-order valence-electron chi connectivity index (χ1n) is 8.53. The average Bonchev–Trinajstić information content (AvgIpc) is 2.63. The van der Waals surface area contributed by atoms with E-state index in [-0.39, 0.29) is 11.4 Å². The van der Waals surface area contributed by atoms with Crippen molar-refractivity contribution in [2.75, 3.05) is 31.1 Å². The second kappa shape index (κ2) is 6.69. The first kappa shape index (κ1) is 15.8.